The van der Waals surface area contributed by atoms with Crippen molar-refractivity contribution in [2.24, 2.45) is 0 Å². The first-order valence-electron chi connectivity index (χ1n) is 6.00. The van der Waals surface area contributed by atoms with Crippen molar-refractivity contribution in [1.29, 1.82) is 0 Å². The highest BCUT2D eigenvalue weighted by molar-refractivity contribution is 5.29. The zero-order chi connectivity index (χ0) is 14.6. The molecule has 0 fully saturated rings. The average molecular weight is 285 g/mol. The van der Waals surface area contributed by atoms with Crippen molar-refractivity contribution in [3.05, 3.63) is 48.0 Å². The summed E-state index contributed by atoms with van der Waals surface area (Å²) in [5, 5.41) is 3.23. The van der Waals surface area contributed by atoms with Crippen LogP contribution in [0.5, 0.6) is 5.75 Å². The summed E-state index contributed by atoms with van der Waals surface area (Å²) in [6.45, 7) is 2.53. The second-order valence-electron chi connectivity index (χ2n) is 4.30. The van der Waals surface area contributed by atoms with Crippen LogP contribution in [-0.2, 0) is 6.54 Å². The third-order valence-corrected chi connectivity index (χ3v) is 2.77. The molecule has 1 aromatic heterocycles. The van der Waals surface area contributed by atoms with Crippen molar-refractivity contribution in [2.45, 2.75) is 25.9 Å². The van der Waals surface area contributed by atoms with E-state index in [-0.39, 0.29) is 11.8 Å². The molecule has 4 nitrogen and oxygen atoms in total. The second kappa shape index (κ2) is 5.96. The van der Waals surface area contributed by atoms with E-state index in [2.05, 4.69) is 20.0 Å². The highest BCUT2D eigenvalue weighted by Gasteiger charge is 2.30. The molecule has 0 aliphatic rings. The standard InChI is InChI=1S/C13H14F3N3O/c1-9(18-7-11-6-17-8-19-11)10-2-4-12(5-3-10)20-13(14,15)16/h2-6,8-9,18H,7H2,1H3,(H,17,19). The molecule has 1 aromatic carbocycles. The lowest BCUT2D eigenvalue weighted by Gasteiger charge is -2.14. The van der Waals surface area contributed by atoms with Crippen LogP contribution in [0.25, 0.3) is 0 Å². The fourth-order valence-corrected chi connectivity index (χ4v) is 1.72. The molecule has 0 saturated heterocycles. The number of rotatable bonds is 5. The monoisotopic (exact) mass is 285 g/mol. The Morgan fingerprint density at radius 3 is 2.55 bits per heavy atom. The van der Waals surface area contributed by atoms with Crippen molar-refractivity contribution >= 4 is 0 Å². The first-order chi connectivity index (χ1) is 9.44. The number of hydrogen-bond donors (Lipinski definition) is 2. The van der Waals surface area contributed by atoms with E-state index in [4.69, 9.17) is 0 Å². The number of hydrogen-bond acceptors (Lipinski definition) is 3. The molecule has 20 heavy (non-hydrogen) atoms. The topological polar surface area (TPSA) is 49.9 Å². The Balaban J connectivity index is 1.91. The summed E-state index contributed by atoms with van der Waals surface area (Å²) < 4.78 is 39.9. The minimum absolute atomic E-state index is 0.00163. The molecule has 108 valence electrons. The Morgan fingerprint density at radius 1 is 1.30 bits per heavy atom. The molecule has 0 spiro atoms. The summed E-state index contributed by atoms with van der Waals surface area (Å²) in [5.74, 6) is -0.220. The van der Waals surface area contributed by atoms with Crippen LogP contribution < -0.4 is 10.1 Å². The van der Waals surface area contributed by atoms with Gasteiger partial charge in [0.15, 0.2) is 0 Å². The summed E-state index contributed by atoms with van der Waals surface area (Å²) in [7, 11) is 0. The van der Waals surface area contributed by atoms with Crippen LogP contribution in [0.2, 0.25) is 0 Å². The third-order valence-electron chi connectivity index (χ3n) is 2.77. The highest BCUT2D eigenvalue weighted by Crippen LogP contribution is 2.24. The first kappa shape index (κ1) is 14.4. The van der Waals surface area contributed by atoms with Gasteiger partial charge in [-0.15, -0.1) is 13.2 Å². The summed E-state index contributed by atoms with van der Waals surface area (Å²) in [5.41, 5.74) is 1.81. The van der Waals surface area contributed by atoms with Gasteiger partial charge in [-0.3, -0.25) is 0 Å². The molecule has 0 aliphatic heterocycles. The van der Waals surface area contributed by atoms with E-state index < -0.39 is 6.36 Å². The molecule has 0 bridgehead atoms. The van der Waals surface area contributed by atoms with Crippen LogP contribution in [-0.4, -0.2) is 16.3 Å². The van der Waals surface area contributed by atoms with Gasteiger partial charge in [0, 0.05) is 24.5 Å². The zero-order valence-corrected chi connectivity index (χ0v) is 10.7. The minimum Gasteiger partial charge on any atom is -0.406 e. The highest BCUT2D eigenvalue weighted by atomic mass is 19.4. The Labute approximate surface area is 114 Å². The molecule has 1 unspecified atom stereocenters. The fraction of sp³-hybridized carbons (Fsp3) is 0.308. The molecule has 0 saturated carbocycles. The normalized spacial score (nSPS) is 13.2. The SMILES string of the molecule is CC(NCc1cnc[nH]1)c1ccc(OC(F)(F)F)cc1. The number of aromatic nitrogens is 2. The van der Waals surface area contributed by atoms with E-state index in [1.54, 1.807) is 24.7 Å². The number of aromatic amines is 1. The lowest BCUT2D eigenvalue weighted by atomic mass is 10.1. The maximum Gasteiger partial charge on any atom is 0.573 e. The summed E-state index contributed by atoms with van der Waals surface area (Å²) in [6.07, 6.45) is -1.36. The minimum atomic E-state index is -4.66. The average Bonchev–Trinajstić information content (AvgIpc) is 2.88. The van der Waals surface area contributed by atoms with Gasteiger partial charge in [-0.2, -0.15) is 0 Å². The molecular formula is C13H14F3N3O. The van der Waals surface area contributed by atoms with Crippen LogP contribution in [0.15, 0.2) is 36.8 Å². The Hall–Kier alpha value is -2.02. The Bertz CT molecular complexity index is 523. The van der Waals surface area contributed by atoms with Crippen molar-refractivity contribution in [3.8, 4) is 5.75 Å². The van der Waals surface area contributed by atoms with Crippen molar-refractivity contribution in [2.75, 3.05) is 0 Å². The number of halogens is 3. The predicted octanol–water partition coefficient (Wildman–Crippen LogP) is 3.16. The zero-order valence-electron chi connectivity index (χ0n) is 10.7. The maximum absolute atomic E-state index is 12.0. The van der Waals surface area contributed by atoms with E-state index in [1.807, 2.05) is 6.92 Å². The number of ether oxygens (including phenoxy) is 1. The second-order valence-corrected chi connectivity index (χ2v) is 4.30. The third kappa shape index (κ3) is 4.27. The first-order valence-corrected chi connectivity index (χ1v) is 6.00. The van der Waals surface area contributed by atoms with Gasteiger partial charge in [0.25, 0.3) is 0 Å². The smallest absolute Gasteiger partial charge is 0.406 e. The van der Waals surface area contributed by atoms with E-state index >= 15 is 0 Å². The molecule has 1 heterocycles. The number of nitrogens with one attached hydrogen (secondary N) is 2. The summed E-state index contributed by atoms with van der Waals surface area (Å²) in [6, 6.07) is 5.81. The largest absolute Gasteiger partial charge is 0.573 e. The predicted molar refractivity (Wildman–Crippen MR) is 67.0 cm³/mol. The van der Waals surface area contributed by atoms with Crippen molar-refractivity contribution in [3.63, 3.8) is 0 Å². The molecule has 2 N–H and O–H groups in total. The van der Waals surface area contributed by atoms with Gasteiger partial charge in [0.1, 0.15) is 5.75 Å². The van der Waals surface area contributed by atoms with Gasteiger partial charge in [0.2, 0.25) is 0 Å². The van der Waals surface area contributed by atoms with Crippen molar-refractivity contribution in [1.82, 2.24) is 15.3 Å². The molecule has 0 radical (unpaired) electrons. The van der Waals surface area contributed by atoms with Gasteiger partial charge in [-0.05, 0) is 24.6 Å². The lowest BCUT2D eigenvalue weighted by Crippen LogP contribution is -2.19. The van der Waals surface area contributed by atoms with Crippen LogP contribution in [0.3, 0.4) is 0 Å². The van der Waals surface area contributed by atoms with Crippen LogP contribution >= 0.6 is 0 Å². The van der Waals surface area contributed by atoms with E-state index in [0.717, 1.165) is 11.3 Å². The summed E-state index contributed by atoms with van der Waals surface area (Å²) >= 11 is 0. The van der Waals surface area contributed by atoms with Crippen LogP contribution in [0, 0.1) is 0 Å². The quantitative estimate of drug-likeness (QED) is 0.887. The van der Waals surface area contributed by atoms with Crippen LogP contribution in [0.4, 0.5) is 13.2 Å². The Morgan fingerprint density at radius 2 is 2.00 bits per heavy atom. The molecule has 2 rings (SSSR count). The summed E-state index contributed by atoms with van der Waals surface area (Å²) in [4.78, 5) is 6.86. The van der Waals surface area contributed by atoms with E-state index in [0.29, 0.717) is 6.54 Å². The van der Waals surface area contributed by atoms with Crippen LogP contribution in [0.1, 0.15) is 24.2 Å². The number of alkyl halides is 3. The number of nitrogens with zero attached hydrogens (tertiary/aromatic N) is 1. The van der Waals surface area contributed by atoms with Gasteiger partial charge < -0.3 is 15.0 Å². The molecule has 2 aromatic rings. The molecular weight excluding hydrogens is 271 g/mol. The van der Waals surface area contributed by atoms with Gasteiger partial charge in [-0.25, -0.2) is 4.98 Å². The van der Waals surface area contributed by atoms with E-state index in [1.165, 1.54) is 12.1 Å². The number of imidazole rings is 1. The maximum atomic E-state index is 12.0. The van der Waals surface area contributed by atoms with Gasteiger partial charge in [-0.1, -0.05) is 12.1 Å². The van der Waals surface area contributed by atoms with Crippen molar-refractivity contribution < 1.29 is 17.9 Å². The molecule has 0 aliphatic carbocycles. The number of H-pyrrole nitrogens is 1. The number of benzene rings is 1. The lowest BCUT2D eigenvalue weighted by molar-refractivity contribution is -0.274. The Kier molecular flexibility index (Phi) is 4.29. The van der Waals surface area contributed by atoms with E-state index in [9.17, 15) is 13.2 Å². The molecule has 0 amide bonds. The molecule has 1 atom stereocenters. The van der Waals surface area contributed by atoms with Gasteiger partial charge >= 0.3 is 6.36 Å². The molecule has 7 heteroatoms. The van der Waals surface area contributed by atoms with Gasteiger partial charge in [0.05, 0.1) is 6.33 Å². The fourth-order valence-electron chi connectivity index (χ4n) is 1.72.